The molecular formula is C11H14BrNO. The van der Waals surface area contributed by atoms with Crippen molar-refractivity contribution in [3.63, 3.8) is 0 Å². The minimum absolute atomic E-state index is 0.123. The van der Waals surface area contributed by atoms with Gasteiger partial charge in [-0.25, -0.2) is 0 Å². The number of methoxy groups -OCH3 is 1. The van der Waals surface area contributed by atoms with Crippen molar-refractivity contribution >= 4 is 15.9 Å². The van der Waals surface area contributed by atoms with E-state index in [1.54, 1.807) is 7.11 Å². The average molecular weight is 256 g/mol. The number of hydrogen-bond acceptors (Lipinski definition) is 2. The summed E-state index contributed by atoms with van der Waals surface area (Å²) in [6, 6.07) is 6.08. The zero-order valence-electron chi connectivity index (χ0n) is 8.38. The molecule has 1 N–H and O–H groups in total. The third-order valence-corrected chi connectivity index (χ3v) is 2.57. The molecule has 0 aromatic heterocycles. The van der Waals surface area contributed by atoms with Gasteiger partial charge in [0.1, 0.15) is 5.75 Å². The summed E-state index contributed by atoms with van der Waals surface area (Å²) in [6.45, 7) is 3.78. The van der Waals surface area contributed by atoms with E-state index in [2.05, 4.69) is 27.8 Å². The molecule has 1 atom stereocenters. The zero-order valence-corrected chi connectivity index (χ0v) is 9.97. The Balaban J connectivity index is 3.12. The quantitative estimate of drug-likeness (QED) is 0.836. The van der Waals surface area contributed by atoms with Gasteiger partial charge in [0, 0.05) is 10.0 Å². The van der Waals surface area contributed by atoms with E-state index in [4.69, 9.17) is 4.74 Å². The van der Waals surface area contributed by atoms with Crippen molar-refractivity contribution in [3.05, 3.63) is 40.9 Å². The molecule has 1 rings (SSSR count). The molecule has 1 aromatic rings. The maximum Gasteiger partial charge on any atom is 0.125 e. The van der Waals surface area contributed by atoms with Gasteiger partial charge in [0.05, 0.1) is 13.2 Å². The van der Waals surface area contributed by atoms with E-state index in [9.17, 15) is 0 Å². The lowest BCUT2D eigenvalue weighted by molar-refractivity contribution is 0.406. The summed E-state index contributed by atoms with van der Waals surface area (Å²) in [5.41, 5.74) is 1.09. The van der Waals surface area contributed by atoms with Crippen LogP contribution in [0.4, 0.5) is 0 Å². The predicted molar refractivity (Wildman–Crippen MR) is 62.7 cm³/mol. The van der Waals surface area contributed by atoms with Gasteiger partial charge in [0.2, 0.25) is 0 Å². The van der Waals surface area contributed by atoms with E-state index in [1.165, 1.54) is 0 Å². The molecule has 0 aliphatic heterocycles. The molecule has 0 saturated carbocycles. The van der Waals surface area contributed by atoms with Crippen LogP contribution in [0.15, 0.2) is 35.3 Å². The number of likely N-dealkylation sites (N-methyl/N-ethyl adjacent to an activating group) is 1. The lowest BCUT2D eigenvalue weighted by atomic mass is 10.1. The van der Waals surface area contributed by atoms with Crippen LogP contribution in [0.3, 0.4) is 0 Å². The zero-order chi connectivity index (χ0) is 10.6. The molecule has 1 aromatic carbocycles. The Labute approximate surface area is 93.1 Å². The normalized spacial score (nSPS) is 12.2. The fourth-order valence-electron chi connectivity index (χ4n) is 1.34. The standard InChI is InChI=1S/C11H14BrNO/c1-4-10(13-2)9-6-5-8(12)7-11(9)14-3/h4-7,10,13H,1H2,2-3H3. The fourth-order valence-corrected chi connectivity index (χ4v) is 1.68. The Morgan fingerprint density at radius 1 is 1.57 bits per heavy atom. The van der Waals surface area contributed by atoms with E-state index < -0.39 is 0 Å². The van der Waals surface area contributed by atoms with Gasteiger partial charge in [-0.1, -0.05) is 28.1 Å². The fraction of sp³-hybridized carbons (Fsp3) is 0.273. The highest BCUT2D eigenvalue weighted by Gasteiger charge is 2.10. The second-order valence-corrected chi connectivity index (χ2v) is 3.80. The molecule has 0 radical (unpaired) electrons. The maximum atomic E-state index is 5.29. The molecule has 0 amide bonds. The predicted octanol–water partition coefficient (Wildman–Crippen LogP) is 2.90. The van der Waals surface area contributed by atoms with Gasteiger partial charge < -0.3 is 10.1 Å². The Morgan fingerprint density at radius 2 is 2.29 bits per heavy atom. The molecule has 0 heterocycles. The van der Waals surface area contributed by atoms with Crippen molar-refractivity contribution in [3.8, 4) is 5.75 Å². The van der Waals surface area contributed by atoms with Gasteiger partial charge in [0.25, 0.3) is 0 Å². The van der Waals surface area contributed by atoms with Crippen LogP contribution in [0.5, 0.6) is 5.75 Å². The summed E-state index contributed by atoms with van der Waals surface area (Å²) in [5, 5.41) is 3.15. The van der Waals surface area contributed by atoms with Crippen LogP contribution in [0.25, 0.3) is 0 Å². The first-order chi connectivity index (χ1) is 6.72. The Morgan fingerprint density at radius 3 is 2.79 bits per heavy atom. The molecule has 0 aliphatic rings. The van der Waals surface area contributed by atoms with Gasteiger partial charge in [0.15, 0.2) is 0 Å². The molecule has 14 heavy (non-hydrogen) atoms. The van der Waals surface area contributed by atoms with Gasteiger partial charge in [-0.2, -0.15) is 0 Å². The average Bonchev–Trinajstić information content (AvgIpc) is 2.21. The Bertz CT molecular complexity index is 325. The summed E-state index contributed by atoms with van der Waals surface area (Å²) in [5.74, 6) is 0.860. The summed E-state index contributed by atoms with van der Waals surface area (Å²) in [4.78, 5) is 0. The van der Waals surface area contributed by atoms with Crippen LogP contribution >= 0.6 is 15.9 Å². The first kappa shape index (κ1) is 11.3. The van der Waals surface area contributed by atoms with Gasteiger partial charge in [-0.3, -0.25) is 0 Å². The van der Waals surface area contributed by atoms with Crippen molar-refractivity contribution in [1.82, 2.24) is 5.32 Å². The highest BCUT2D eigenvalue weighted by molar-refractivity contribution is 9.10. The number of halogens is 1. The lowest BCUT2D eigenvalue weighted by Gasteiger charge is -2.15. The third-order valence-electron chi connectivity index (χ3n) is 2.08. The lowest BCUT2D eigenvalue weighted by Crippen LogP contribution is -2.14. The van der Waals surface area contributed by atoms with Crippen LogP contribution in [-0.2, 0) is 0 Å². The van der Waals surface area contributed by atoms with Gasteiger partial charge >= 0.3 is 0 Å². The third kappa shape index (κ3) is 2.36. The van der Waals surface area contributed by atoms with Crippen LogP contribution in [-0.4, -0.2) is 14.2 Å². The van der Waals surface area contributed by atoms with Crippen LogP contribution in [0.1, 0.15) is 11.6 Å². The topological polar surface area (TPSA) is 21.3 Å². The van der Waals surface area contributed by atoms with Crippen molar-refractivity contribution in [2.24, 2.45) is 0 Å². The number of nitrogens with one attached hydrogen (secondary N) is 1. The van der Waals surface area contributed by atoms with Crippen LogP contribution < -0.4 is 10.1 Å². The summed E-state index contributed by atoms with van der Waals surface area (Å²) < 4.78 is 6.30. The second-order valence-electron chi connectivity index (χ2n) is 2.89. The van der Waals surface area contributed by atoms with Gasteiger partial charge in [-0.05, 0) is 19.2 Å². The van der Waals surface area contributed by atoms with E-state index in [1.807, 2.05) is 31.3 Å². The maximum absolute atomic E-state index is 5.29. The molecule has 0 spiro atoms. The molecule has 0 fully saturated rings. The SMILES string of the molecule is C=CC(NC)c1ccc(Br)cc1OC. The minimum Gasteiger partial charge on any atom is -0.496 e. The molecule has 3 heteroatoms. The number of hydrogen-bond donors (Lipinski definition) is 1. The monoisotopic (exact) mass is 255 g/mol. The Hall–Kier alpha value is -0.800. The first-order valence-electron chi connectivity index (χ1n) is 4.36. The summed E-state index contributed by atoms with van der Waals surface area (Å²) in [6.07, 6.45) is 1.85. The number of benzene rings is 1. The van der Waals surface area contributed by atoms with Crippen molar-refractivity contribution in [2.45, 2.75) is 6.04 Å². The van der Waals surface area contributed by atoms with Crippen LogP contribution in [0, 0.1) is 0 Å². The second kappa shape index (κ2) is 5.17. The van der Waals surface area contributed by atoms with E-state index >= 15 is 0 Å². The smallest absolute Gasteiger partial charge is 0.125 e. The van der Waals surface area contributed by atoms with E-state index in [0.717, 1.165) is 15.8 Å². The molecule has 0 aliphatic carbocycles. The first-order valence-corrected chi connectivity index (χ1v) is 5.15. The highest BCUT2D eigenvalue weighted by Crippen LogP contribution is 2.28. The van der Waals surface area contributed by atoms with E-state index in [-0.39, 0.29) is 6.04 Å². The number of rotatable bonds is 4. The molecule has 0 bridgehead atoms. The number of ether oxygens (including phenoxy) is 1. The summed E-state index contributed by atoms with van der Waals surface area (Å²) >= 11 is 3.40. The molecule has 2 nitrogen and oxygen atoms in total. The molecule has 76 valence electrons. The van der Waals surface area contributed by atoms with Gasteiger partial charge in [-0.15, -0.1) is 6.58 Å². The van der Waals surface area contributed by atoms with Crippen molar-refractivity contribution < 1.29 is 4.74 Å². The summed E-state index contributed by atoms with van der Waals surface area (Å²) in [7, 11) is 3.56. The minimum atomic E-state index is 0.123. The Kier molecular flexibility index (Phi) is 4.17. The van der Waals surface area contributed by atoms with Crippen molar-refractivity contribution in [1.29, 1.82) is 0 Å². The molecule has 0 saturated heterocycles. The van der Waals surface area contributed by atoms with E-state index in [0.29, 0.717) is 0 Å². The van der Waals surface area contributed by atoms with Crippen molar-refractivity contribution in [2.75, 3.05) is 14.2 Å². The highest BCUT2D eigenvalue weighted by atomic mass is 79.9. The molecular weight excluding hydrogens is 242 g/mol. The largest absolute Gasteiger partial charge is 0.496 e. The van der Waals surface area contributed by atoms with Crippen LogP contribution in [0.2, 0.25) is 0 Å². The molecule has 1 unspecified atom stereocenters.